The van der Waals surface area contributed by atoms with E-state index in [0.717, 1.165) is 10.0 Å². The molecule has 150 valence electrons. The Morgan fingerprint density at radius 1 is 1.00 bits per heavy atom. The van der Waals surface area contributed by atoms with Crippen molar-refractivity contribution in [2.24, 2.45) is 4.99 Å². The number of rotatable bonds is 4. The number of benzene rings is 2. The molecule has 2 heterocycles. The Morgan fingerprint density at radius 2 is 1.66 bits per heavy atom. The Hall–Kier alpha value is -2.33. The predicted octanol–water partition coefficient (Wildman–Crippen LogP) is 2.81. The molecule has 1 fully saturated rings. The fourth-order valence-electron chi connectivity index (χ4n) is 2.96. The van der Waals surface area contributed by atoms with E-state index >= 15 is 0 Å². The van der Waals surface area contributed by atoms with Gasteiger partial charge in [-0.05, 0) is 48.0 Å². The summed E-state index contributed by atoms with van der Waals surface area (Å²) in [4.78, 5) is 16.6. The van der Waals surface area contributed by atoms with Gasteiger partial charge in [0.05, 0.1) is 18.1 Å². The highest BCUT2D eigenvalue weighted by molar-refractivity contribution is 9.10. The number of cyclic esters (lactones) is 1. The Kier molecular flexibility index (Phi) is 5.64. The standard InChI is InChI=1S/C20H17BrN2O5S/c21-16-5-1-14(2-6-16)13-18-20(24)28-19(22-18)15-3-7-17(8-4-15)29(25,26)23-9-11-27-12-10-23/h1-8,13H,9-12H2. The first kappa shape index (κ1) is 20.0. The van der Waals surface area contributed by atoms with Crippen molar-refractivity contribution in [2.45, 2.75) is 4.90 Å². The van der Waals surface area contributed by atoms with E-state index < -0.39 is 16.0 Å². The Labute approximate surface area is 176 Å². The van der Waals surface area contributed by atoms with Crippen molar-refractivity contribution >= 4 is 43.9 Å². The molecule has 1 saturated heterocycles. The number of esters is 1. The Morgan fingerprint density at radius 3 is 2.31 bits per heavy atom. The van der Waals surface area contributed by atoms with Gasteiger partial charge < -0.3 is 9.47 Å². The summed E-state index contributed by atoms with van der Waals surface area (Å²) >= 11 is 3.36. The number of ether oxygens (including phenoxy) is 2. The van der Waals surface area contributed by atoms with Gasteiger partial charge in [-0.25, -0.2) is 18.2 Å². The lowest BCUT2D eigenvalue weighted by atomic mass is 10.2. The van der Waals surface area contributed by atoms with E-state index in [1.54, 1.807) is 18.2 Å². The average molecular weight is 477 g/mol. The molecule has 2 aromatic rings. The molecule has 0 saturated carbocycles. The summed E-state index contributed by atoms with van der Waals surface area (Å²) in [5.41, 5.74) is 1.53. The maximum atomic E-state index is 12.7. The second kappa shape index (κ2) is 8.19. The van der Waals surface area contributed by atoms with Crippen LogP contribution in [-0.2, 0) is 24.3 Å². The molecule has 0 spiro atoms. The third-order valence-corrected chi connectivity index (χ3v) is 6.94. The van der Waals surface area contributed by atoms with Crippen LogP contribution in [0.5, 0.6) is 0 Å². The van der Waals surface area contributed by atoms with E-state index in [4.69, 9.17) is 9.47 Å². The summed E-state index contributed by atoms with van der Waals surface area (Å²) in [6.07, 6.45) is 1.64. The number of hydrogen-bond acceptors (Lipinski definition) is 6. The SMILES string of the molecule is O=C1OC(c2ccc(S(=O)(=O)N3CCOCC3)cc2)=NC1=Cc1ccc(Br)cc1. The number of carbonyl (C=O) groups excluding carboxylic acids is 1. The van der Waals surface area contributed by atoms with Crippen molar-refractivity contribution in [1.29, 1.82) is 0 Å². The van der Waals surface area contributed by atoms with Crippen LogP contribution >= 0.6 is 15.9 Å². The third-order valence-electron chi connectivity index (χ3n) is 4.50. The maximum absolute atomic E-state index is 12.7. The quantitative estimate of drug-likeness (QED) is 0.500. The molecule has 0 N–H and O–H groups in total. The number of hydrogen-bond donors (Lipinski definition) is 0. The summed E-state index contributed by atoms with van der Waals surface area (Å²) in [7, 11) is -3.58. The molecule has 7 nitrogen and oxygen atoms in total. The number of nitrogens with zero attached hydrogens (tertiary/aromatic N) is 2. The van der Waals surface area contributed by atoms with Crippen molar-refractivity contribution in [3.05, 3.63) is 69.8 Å². The van der Waals surface area contributed by atoms with Gasteiger partial charge in [0.15, 0.2) is 5.70 Å². The topological polar surface area (TPSA) is 85.3 Å². The number of aliphatic imine (C=N–C) groups is 1. The minimum atomic E-state index is -3.58. The zero-order valence-corrected chi connectivity index (χ0v) is 17.6. The van der Waals surface area contributed by atoms with Crippen LogP contribution < -0.4 is 0 Å². The molecule has 0 aromatic heterocycles. The zero-order chi connectivity index (χ0) is 20.4. The monoisotopic (exact) mass is 476 g/mol. The summed E-state index contributed by atoms with van der Waals surface area (Å²) in [5, 5.41) is 0. The Balaban J connectivity index is 1.56. The molecular formula is C20H17BrN2O5S. The maximum Gasteiger partial charge on any atom is 0.363 e. The van der Waals surface area contributed by atoms with Crippen LogP contribution in [-0.4, -0.2) is 50.9 Å². The van der Waals surface area contributed by atoms with Crippen molar-refractivity contribution in [2.75, 3.05) is 26.3 Å². The highest BCUT2D eigenvalue weighted by Crippen LogP contribution is 2.22. The predicted molar refractivity (Wildman–Crippen MR) is 111 cm³/mol. The largest absolute Gasteiger partial charge is 0.402 e. The molecule has 4 rings (SSSR count). The van der Waals surface area contributed by atoms with Gasteiger partial charge in [-0.2, -0.15) is 4.31 Å². The van der Waals surface area contributed by atoms with Gasteiger partial charge in [-0.1, -0.05) is 28.1 Å². The first-order valence-corrected chi connectivity index (χ1v) is 11.1. The van der Waals surface area contributed by atoms with E-state index in [0.29, 0.717) is 31.9 Å². The number of morpholine rings is 1. The van der Waals surface area contributed by atoms with Crippen LogP contribution in [0.2, 0.25) is 0 Å². The zero-order valence-electron chi connectivity index (χ0n) is 15.2. The third kappa shape index (κ3) is 4.32. The first-order valence-electron chi connectivity index (χ1n) is 8.90. The lowest BCUT2D eigenvalue weighted by Crippen LogP contribution is -2.40. The molecule has 0 aliphatic carbocycles. The number of halogens is 1. The minimum Gasteiger partial charge on any atom is -0.402 e. The van der Waals surface area contributed by atoms with Gasteiger partial charge in [0.25, 0.3) is 0 Å². The normalized spacial score (nSPS) is 19.3. The lowest BCUT2D eigenvalue weighted by Gasteiger charge is -2.26. The van der Waals surface area contributed by atoms with Crippen LogP contribution in [0, 0.1) is 0 Å². The summed E-state index contributed by atoms with van der Waals surface area (Å²) in [6, 6.07) is 13.6. The molecule has 2 aliphatic rings. The van der Waals surface area contributed by atoms with Crippen LogP contribution in [0.4, 0.5) is 0 Å². The van der Waals surface area contributed by atoms with Gasteiger partial charge in [-0.3, -0.25) is 0 Å². The second-order valence-electron chi connectivity index (χ2n) is 6.43. The summed E-state index contributed by atoms with van der Waals surface area (Å²) in [6.45, 7) is 1.44. The van der Waals surface area contributed by atoms with Gasteiger partial charge >= 0.3 is 5.97 Å². The fourth-order valence-corrected chi connectivity index (χ4v) is 4.63. The number of sulfonamides is 1. The van der Waals surface area contributed by atoms with E-state index in [1.807, 2.05) is 24.3 Å². The molecule has 0 radical (unpaired) electrons. The minimum absolute atomic E-state index is 0.147. The van der Waals surface area contributed by atoms with Crippen molar-refractivity contribution in [3.63, 3.8) is 0 Å². The van der Waals surface area contributed by atoms with Crippen LogP contribution in [0.3, 0.4) is 0 Å². The van der Waals surface area contributed by atoms with E-state index in [2.05, 4.69) is 20.9 Å². The van der Waals surface area contributed by atoms with Gasteiger partial charge in [0, 0.05) is 23.1 Å². The summed E-state index contributed by atoms with van der Waals surface area (Å²) in [5.74, 6) is -0.401. The molecular weight excluding hydrogens is 460 g/mol. The highest BCUT2D eigenvalue weighted by Gasteiger charge is 2.28. The van der Waals surface area contributed by atoms with E-state index in [9.17, 15) is 13.2 Å². The second-order valence-corrected chi connectivity index (χ2v) is 9.28. The molecule has 2 aliphatic heterocycles. The molecule has 0 bridgehead atoms. The van der Waals surface area contributed by atoms with Gasteiger partial charge in [-0.15, -0.1) is 0 Å². The van der Waals surface area contributed by atoms with Crippen LogP contribution in [0.25, 0.3) is 6.08 Å². The summed E-state index contributed by atoms with van der Waals surface area (Å²) < 4.78 is 38.2. The molecule has 2 aromatic carbocycles. The van der Waals surface area contributed by atoms with Crippen LogP contribution in [0.1, 0.15) is 11.1 Å². The van der Waals surface area contributed by atoms with Crippen molar-refractivity contribution in [3.8, 4) is 0 Å². The van der Waals surface area contributed by atoms with Crippen molar-refractivity contribution < 1.29 is 22.7 Å². The molecule has 9 heteroatoms. The smallest absolute Gasteiger partial charge is 0.363 e. The van der Waals surface area contributed by atoms with Crippen molar-refractivity contribution in [1.82, 2.24) is 4.31 Å². The van der Waals surface area contributed by atoms with Gasteiger partial charge in [0.1, 0.15) is 0 Å². The molecule has 0 amide bonds. The molecule has 0 atom stereocenters. The molecule has 29 heavy (non-hydrogen) atoms. The molecule has 0 unspecified atom stereocenters. The fraction of sp³-hybridized carbons (Fsp3) is 0.200. The first-order chi connectivity index (χ1) is 13.9. The highest BCUT2D eigenvalue weighted by atomic mass is 79.9. The average Bonchev–Trinajstić information content (AvgIpc) is 3.11. The number of carbonyl (C=O) groups is 1. The van der Waals surface area contributed by atoms with E-state index in [1.165, 1.54) is 16.4 Å². The lowest BCUT2D eigenvalue weighted by molar-refractivity contribution is -0.129. The Bertz CT molecular complexity index is 1090. The van der Waals surface area contributed by atoms with E-state index in [-0.39, 0.29) is 16.5 Å². The van der Waals surface area contributed by atoms with Crippen LogP contribution in [0.15, 0.2) is 68.6 Å². The van der Waals surface area contributed by atoms with Gasteiger partial charge in [0.2, 0.25) is 15.9 Å².